The van der Waals surface area contributed by atoms with E-state index in [1.807, 2.05) is 0 Å². The predicted molar refractivity (Wildman–Crippen MR) is 84.8 cm³/mol. The SMILES string of the molecule is COC(=O)c1ccccc1CS(=O)(=O)N1C2CCC1C(C(=O)O)C2. The summed E-state index contributed by atoms with van der Waals surface area (Å²) in [6.45, 7) is 0. The third-order valence-corrected chi connectivity index (χ3v) is 6.76. The molecule has 1 aromatic rings. The Morgan fingerprint density at radius 2 is 2.00 bits per heavy atom. The third kappa shape index (κ3) is 2.80. The van der Waals surface area contributed by atoms with Gasteiger partial charge in [-0.15, -0.1) is 0 Å². The second kappa shape index (κ2) is 6.18. The number of esters is 1. The molecule has 2 heterocycles. The highest BCUT2D eigenvalue weighted by Gasteiger charge is 2.54. The zero-order valence-corrected chi connectivity index (χ0v) is 14.0. The molecule has 3 rings (SSSR count). The summed E-state index contributed by atoms with van der Waals surface area (Å²) < 4.78 is 31.8. The van der Waals surface area contributed by atoms with Crippen LogP contribution in [0, 0.1) is 5.92 Å². The van der Waals surface area contributed by atoms with Crippen LogP contribution in [-0.2, 0) is 25.3 Å². The molecule has 1 N–H and O–H groups in total. The lowest BCUT2D eigenvalue weighted by atomic mass is 9.89. The first kappa shape index (κ1) is 16.9. The maximum absolute atomic E-state index is 12.9. The summed E-state index contributed by atoms with van der Waals surface area (Å²) in [6, 6.07) is 5.67. The molecule has 0 spiro atoms. The van der Waals surface area contributed by atoms with Gasteiger partial charge in [0.25, 0.3) is 0 Å². The van der Waals surface area contributed by atoms with E-state index >= 15 is 0 Å². The van der Waals surface area contributed by atoms with Crippen LogP contribution in [0.5, 0.6) is 0 Å². The molecule has 2 bridgehead atoms. The normalized spacial score (nSPS) is 26.5. The lowest BCUT2D eigenvalue weighted by Gasteiger charge is -2.23. The average Bonchev–Trinajstić information content (AvgIpc) is 3.13. The van der Waals surface area contributed by atoms with Crippen molar-refractivity contribution in [1.82, 2.24) is 4.31 Å². The maximum atomic E-state index is 12.9. The van der Waals surface area contributed by atoms with Gasteiger partial charge in [0.2, 0.25) is 10.0 Å². The van der Waals surface area contributed by atoms with Gasteiger partial charge in [-0.1, -0.05) is 18.2 Å². The summed E-state index contributed by atoms with van der Waals surface area (Å²) in [5.41, 5.74) is 0.576. The molecule has 2 fully saturated rings. The number of hydrogen-bond donors (Lipinski definition) is 1. The molecule has 3 unspecified atom stereocenters. The van der Waals surface area contributed by atoms with E-state index in [1.54, 1.807) is 18.2 Å². The number of carboxylic acid groups (broad SMARTS) is 1. The number of benzene rings is 1. The standard InChI is InChI=1S/C16H19NO6S/c1-23-16(20)12-5-3-2-4-10(12)9-24(21,22)17-11-6-7-14(17)13(8-11)15(18)19/h2-5,11,13-14H,6-9H2,1H3,(H,18,19). The topological polar surface area (TPSA) is 101 Å². The molecule has 0 saturated carbocycles. The number of carboxylic acids is 1. The fraction of sp³-hybridized carbons (Fsp3) is 0.500. The summed E-state index contributed by atoms with van der Waals surface area (Å²) in [6.07, 6.45) is 1.61. The van der Waals surface area contributed by atoms with E-state index in [0.717, 1.165) is 0 Å². The minimum atomic E-state index is -3.72. The zero-order valence-electron chi connectivity index (χ0n) is 13.2. The summed E-state index contributed by atoms with van der Waals surface area (Å²) in [7, 11) is -2.48. The van der Waals surface area contributed by atoms with E-state index in [9.17, 15) is 23.1 Å². The van der Waals surface area contributed by atoms with Crippen molar-refractivity contribution in [3.05, 3.63) is 35.4 Å². The third-order valence-electron chi connectivity index (χ3n) is 4.87. The van der Waals surface area contributed by atoms with E-state index in [0.29, 0.717) is 24.8 Å². The van der Waals surface area contributed by atoms with Gasteiger partial charge in [0, 0.05) is 12.1 Å². The van der Waals surface area contributed by atoms with Crippen molar-refractivity contribution in [3.8, 4) is 0 Å². The highest BCUT2D eigenvalue weighted by atomic mass is 32.2. The van der Waals surface area contributed by atoms with Gasteiger partial charge in [0.15, 0.2) is 0 Å². The monoisotopic (exact) mass is 353 g/mol. The van der Waals surface area contributed by atoms with Crippen LogP contribution in [0.25, 0.3) is 0 Å². The molecule has 3 atom stereocenters. The lowest BCUT2D eigenvalue weighted by molar-refractivity contribution is -0.142. The van der Waals surface area contributed by atoms with Gasteiger partial charge >= 0.3 is 11.9 Å². The Morgan fingerprint density at radius 1 is 1.29 bits per heavy atom. The molecular weight excluding hydrogens is 334 g/mol. The molecule has 0 aromatic heterocycles. The first-order valence-electron chi connectivity index (χ1n) is 7.75. The average molecular weight is 353 g/mol. The highest BCUT2D eigenvalue weighted by molar-refractivity contribution is 7.88. The van der Waals surface area contributed by atoms with Crippen LogP contribution >= 0.6 is 0 Å². The molecule has 24 heavy (non-hydrogen) atoms. The summed E-state index contributed by atoms with van der Waals surface area (Å²) in [5.74, 6) is -2.52. The fourth-order valence-electron chi connectivity index (χ4n) is 3.86. The molecule has 8 heteroatoms. The number of carbonyl (C=O) groups excluding carboxylic acids is 1. The van der Waals surface area contributed by atoms with Crippen LogP contribution in [0.4, 0.5) is 0 Å². The van der Waals surface area contributed by atoms with Crippen molar-refractivity contribution < 1.29 is 27.9 Å². The second-order valence-electron chi connectivity index (χ2n) is 6.21. The van der Waals surface area contributed by atoms with Crippen molar-refractivity contribution in [2.24, 2.45) is 5.92 Å². The molecule has 0 aliphatic carbocycles. The van der Waals surface area contributed by atoms with Crippen LogP contribution in [-0.4, -0.2) is 49.0 Å². The van der Waals surface area contributed by atoms with Gasteiger partial charge < -0.3 is 9.84 Å². The Morgan fingerprint density at radius 3 is 2.62 bits per heavy atom. The van der Waals surface area contributed by atoms with Crippen LogP contribution in [0.3, 0.4) is 0 Å². The van der Waals surface area contributed by atoms with E-state index in [2.05, 4.69) is 0 Å². The Hall–Kier alpha value is -1.93. The number of methoxy groups -OCH3 is 1. The summed E-state index contributed by atoms with van der Waals surface area (Å²) in [4.78, 5) is 23.1. The zero-order chi connectivity index (χ0) is 17.5. The minimum absolute atomic E-state index is 0.213. The van der Waals surface area contributed by atoms with Gasteiger partial charge in [-0.05, 0) is 30.9 Å². The van der Waals surface area contributed by atoms with Crippen molar-refractivity contribution in [2.75, 3.05) is 7.11 Å². The maximum Gasteiger partial charge on any atom is 0.338 e. The number of aliphatic carboxylic acids is 1. The predicted octanol–water partition coefficient (Wildman–Crippen LogP) is 1.24. The van der Waals surface area contributed by atoms with Crippen LogP contribution in [0.15, 0.2) is 24.3 Å². The molecule has 130 valence electrons. The molecule has 0 amide bonds. The fourth-order valence-corrected chi connectivity index (χ4v) is 5.97. The van der Waals surface area contributed by atoms with E-state index in [1.165, 1.54) is 17.5 Å². The van der Waals surface area contributed by atoms with Gasteiger partial charge in [0.05, 0.1) is 24.3 Å². The molecule has 2 saturated heterocycles. The van der Waals surface area contributed by atoms with Gasteiger partial charge in [-0.3, -0.25) is 4.79 Å². The van der Waals surface area contributed by atoms with Crippen LogP contribution < -0.4 is 0 Å². The number of fused-ring (bicyclic) bond motifs is 2. The minimum Gasteiger partial charge on any atom is -0.481 e. The Labute approximate surface area is 140 Å². The van der Waals surface area contributed by atoms with E-state index in [4.69, 9.17) is 4.74 Å². The Kier molecular flexibility index (Phi) is 4.35. The molecular formula is C16H19NO6S. The molecule has 2 aliphatic rings. The first-order valence-corrected chi connectivity index (χ1v) is 9.36. The number of carbonyl (C=O) groups is 2. The van der Waals surface area contributed by atoms with E-state index in [-0.39, 0.29) is 17.4 Å². The molecule has 1 aromatic carbocycles. The number of hydrogen-bond acceptors (Lipinski definition) is 5. The summed E-state index contributed by atoms with van der Waals surface area (Å²) in [5, 5.41) is 9.27. The smallest absolute Gasteiger partial charge is 0.338 e. The highest BCUT2D eigenvalue weighted by Crippen LogP contribution is 2.44. The van der Waals surface area contributed by atoms with Gasteiger partial charge in [-0.2, -0.15) is 4.31 Å². The van der Waals surface area contributed by atoms with Gasteiger partial charge in [-0.25, -0.2) is 13.2 Å². The number of rotatable bonds is 5. The second-order valence-corrected chi connectivity index (χ2v) is 8.09. The quantitative estimate of drug-likeness (QED) is 0.799. The van der Waals surface area contributed by atoms with Crippen molar-refractivity contribution >= 4 is 22.0 Å². The Balaban J connectivity index is 1.89. The van der Waals surface area contributed by atoms with Crippen molar-refractivity contribution in [1.29, 1.82) is 0 Å². The van der Waals surface area contributed by atoms with Crippen LogP contribution in [0.1, 0.15) is 35.2 Å². The van der Waals surface area contributed by atoms with Crippen molar-refractivity contribution in [3.63, 3.8) is 0 Å². The molecule has 2 aliphatic heterocycles. The van der Waals surface area contributed by atoms with Crippen molar-refractivity contribution in [2.45, 2.75) is 37.1 Å². The Bertz CT molecular complexity index is 775. The lowest BCUT2D eigenvalue weighted by Crippen LogP contribution is -2.38. The number of sulfonamides is 1. The molecule has 7 nitrogen and oxygen atoms in total. The largest absolute Gasteiger partial charge is 0.481 e. The number of ether oxygens (including phenoxy) is 1. The summed E-state index contributed by atoms with van der Waals surface area (Å²) >= 11 is 0. The van der Waals surface area contributed by atoms with Gasteiger partial charge in [0.1, 0.15) is 0 Å². The van der Waals surface area contributed by atoms with E-state index < -0.39 is 33.9 Å². The number of nitrogens with zero attached hydrogens (tertiary/aromatic N) is 1. The van der Waals surface area contributed by atoms with Crippen LogP contribution in [0.2, 0.25) is 0 Å². The molecule has 0 radical (unpaired) electrons. The first-order chi connectivity index (χ1) is 11.3.